The highest BCUT2D eigenvalue weighted by atomic mass is 79.9. The molecular formula is C12H18BrN3O. The van der Waals surface area contributed by atoms with Crippen LogP contribution in [0.25, 0.3) is 0 Å². The normalized spacial score (nSPS) is 19.5. The number of amides is 1. The Kier molecular flexibility index (Phi) is 4.23. The Labute approximate surface area is 110 Å². The highest BCUT2D eigenvalue weighted by Crippen LogP contribution is 2.16. The predicted molar refractivity (Wildman–Crippen MR) is 71.2 cm³/mol. The van der Waals surface area contributed by atoms with E-state index in [1.807, 2.05) is 16.8 Å². The van der Waals surface area contributed by atoms with Crippen molar-refractivity contribution in [2.75, 3.05) is 13.1 Å². The van der Waals surface area contributed by atoms with E-state index in [2.05, 4.69) is 33.5 Å². The van der Waals surface area contributed by atoms with Crippen LogP contribution in [-0.4, -0.2) is 29.6 Å². The molecule has 5 heteroatoms. The smallest absolute Gasteiger partial charge is 0.268 e. The van der Waals surface area contributed by atoms with E-state index in [9.17, 15) is 4.79 Å². The zero-order valence-electron chi connectivity index (χ0n) is 10.0. The predicted octanol–water partition coefficient (Wildman–Crippen LogP) is 1.75. The molecule has 94 valence electrons. The summed E-state index contributed by atoms with van der Waals surface area (Å²) < 4.78 is 2.96. The Hall–Kier alpha value is -0.810. The van der Waals surface area contributed by atoms with Gasteiger partial charge in [0.2, 0.25) is 0 Å². The lowest BCUT2D eigenvalue weighted by molar-refractivity contribution is 0.0930. The summed E-state index contributed by atoms with van der Waals surface area (Å²) in [5, 5.41) is 6.31. The first-order chi connectivity index (χ1) is 8.20. The molecule has 1 aliphatic heterocycles. The largest absolute Gasteiger partial charge is 0.347 e. The van der Waals surface area contributed by atoms with Crippen molar-refractivity contribution in [1.82, 2.24) is 15.2 Å². The molecule has 1 saturated heterocycles. The lowest BCUT2D eigenvalue weighted by Crippen LogP contribution is -2.37. The third-order valence-electron chi connectivity index (χ3n) is 2.96. The van der Waals surface area contributed by atoms with E-state index in [1.165, 1.54) is 0 Å². The van der Waals surface area contributed by atoms with Crippen LogP contribution in [0.2, 0.25) is 0 Å². The summed E-state index contributed by atoms with van der Waals surface area (Å²) in [6, 6.07) is 2.15. The van der Waals surface area contributed by atoms with Crippen LogP contribution in [0.4, 0.5) is 0 Å². The lowest BCUT2D eigenvalue weighted by Gasteiger charge is -2.12. The molecule has 1 aliphatic rings. The summed E-state index contributed by atoms with van der Waals surface area (Å²) in [5.41, 5.74) is 0.741. The molecule has 1 aromatic heterocycles. The summed E-state index contributed by atoms with van der Waals surface area (Å²) >= 11 is 3.42. The molecule has 0 bridgehead atoms. The van der Waals surface area contributed by atoms with E-state index in [0.717, 1.165) is 42.6 Å². The van der Waals surface area contributed by atoms with Crippen molar-refractivity contribution < 1.29 is 4.79 Å². The lowest BCUT2D eigenvalue weighted by atomic mass is 10.2. The second kappa shape index (κ2) is 5.69. The zero-order chi connectivity index (χ0) is 12.3. The van der Waals surface area contributed by atoms with Crippen LogP contribution in [0, 0.1) is 0 Å². The Balaban J connectivity index is 2.06. The van der Waals surface area contributed by atoms with Gasteiger partial charge in [0, 0.05) is 29.8 Å². The zero-order valence-corrected chi connectivity index (χ0v) is 11.6. The molecule has 4 nitrogen and oxygen atoms in total. The van der Waals surface area contributed by atoms with Crippen LogP contribution in [-0.2, 0) is 6.54 Å². The van der Waals surface area contributed by atoms with Crippen LogP contribution in [0.15, 0.2) is 16.7 Å². The first-order valence-electron chi connectivity index (χ1n) is 6.08. The summed E-state index contributed by atoms with van der Waals surface area (Å²) in [6.07, 6.45) is 4.00. The molecule has 1 atom stereocenters. The Morgan fingerprint density at radius 2 is 2.53 bits per heavy atom. The van der Waals surface area contributed by atoms with Gasteiger partial charge in [0.15, 0.2) is 0 Å². The summed E-state index contributed by atoms with van der Waals surface area (Å²) in [5.74, 6) is 0.0258. The fourth-order valence-electron chi connectivity index (χ4n) is 2.13. The van der Waals surface area contributed by atoms with Crippen molar-refractivity contribution in [1.29, 1.82) is 0 Å². The molecule has 0 aliphatic carbocycles. The average Bonchev–Trinajstić information content (AvgIpc) is 2.88. The minimum atomic E-state index is 0.0258. The molecular weight excluding hydrogens is 282 g/mol. The van der Waals surface area contributed by atoms with Crippen molar-refractivity contribution >= 4 is 21.8 Å². The third kappa shape index (κ3) is 3.10. The van der Waals surface area contributed by atoms with Gasteiger partial charge in [-0.25, -0.2) is 0 Å². The number of aryl methyl sites for hydroxylation is 1. The number of nitrogens with zero attached hydrogens (tertiary/aromatic N) is 1. The first kappa shape index (κ1) is 12.6. The molecule has 17 heavy (non-hydrogen) atoms. The maximum Gasteiger partial charge on any atom is 0.268 e. The second-order valence-electron chi connectivity index (χ2n) is 4.40. The molecule has 1 amide bonds. The van der Waals surface area contributed by atoms with Gasteiger partial charge in [0.05, 0.1) is 0 Å². The van der Waals surface area contributed by atoms with E-state index >= 15 is 0 Å². The van der Waals surface area contributed by atoms with Gasteiger partial charge in [-0.3, -0.25) is 4.79 Å². The van der Waals surface area contributed by atoms with Crippen LogP contribution >= 0.6 is 15.9 Å². The maximum atomic E-state index is 12.1. The van der Waals surface area contributed by atoms with Gasteiger partial charge in [0.25, 0.3) is 5.91 Å². The van der Waals surface area contributed by atoms with E-state index < -0.39 is 0 Å². The first-order valence-corrected chi connectivity index (χ1v) is 6.87. The second-order valence-corrected chi connectivity index (χ2v) is 5.32. The number of rotatable bonds is 4. The quantitative estimate of drug-likeness (QED) is 0.890. The molecule has 2 N–H and O–H groups in total. The fourth-order valence-corrected chi connectivity index (χ4v) is 2.59. The van der Waals surface area contributed by atoms with Crippen LogP contribution < -0.4 is 10.6 Å². The third-order valence-corrected chi connectivity index (χ3v) is 3.39. The standard InChI is InChI=1S/C12H18BrN3O/c1-2-5-16-8-9(13)6-11(16)12(17)15-10-3-4-14-7-10/h6,8,10,14H,2-5,7H2,1H3,(H,15,17)/t10-/m1/s1. The van der Waals surface area contributed by atoms with Crippen LogP contribution in [0.5, 0.6) is 0 Å². The molecule has 1 fully saturated rings. The summed E-state index contributed by atoms with van der Waals surface area (Å²) in [4.78, 5) is 12.1. The van der Waals surface area contributed by atoms with E-state index in [-0.39, 0.29) is 11.9 Å². The van der Waals surface area contributed by atoms with Crippen molar-refractivity contribution in [3.63, 3.8) is 0 Å². The minimum Gasteiger partial charge on any atom is -0.347 e. The SMILES string of the molecule is CCCn1cc(Br)cc1C(=O)N[C@@H]1CCNC1. The van der Waals surface area contributed by atoms with Gasteiger partial charge in [-0.1, -0.05) is 6.92 Å². The fraction of sp³-hybridized carbons (Fsp3) is 0.583. The molecule has 0 unspecified atom stereocenters. The molecule has 0 radical (unpaired) electrons. The monoisotopic (exact) mass is 299 g/mol. The number of halogens is 1. The highest BCUT2D eigenvalue weighted by Gasteiger charge is 2.19. The van der Waals surface area contributed by atoms with E-state index in [0.29, 0.717) is 0 Å². The van der Waals surface area contributed by atoms with Gasteiger partial charge in [-0.15, -0.1) is 0 Å². The van der Waals surface area contributed by atoms with Gasteiger partial charge in [-0.2, -0.15) is 0 Å². The van der Waals surface area contributed by atoms with E-state index in [4.69, 9.17) is 0 Å². The molecule has 2 rings (SSSR count). The average molecular weight is 300 g/mol. The highest BCUT2D eigenvalue weighted by molar-refractivity contribution is 9.10. The van der Waals surface area contributed by atoms with Crippen LogP contribution in [0.1, 0.15) is 30.3 Å². The Bertz CT molecular complexity index is 396. The summed E-state index contributed by atoms with van der Waals surface area (Å²) in [7, 11) is 0. The number of carbonyl (C=O) groups is 1. The van der Waals surface area contributed by atoms with Crippen molar-refractivity contribution in [3.05, 3.63) is 22.4 Å². The van der Waals surface area contributed by atoms with Gasteiger partial charge in [0.1, 0.15) is 5.69 Å². The maximum absolute atomic E-state index is 12.1. The molecule has 0 saturated carbocycles. The Morgan fingerprint density at radius 3 is 3.18 bits per heavy atom. The van der Waals surface area contributed by atoms with E-state index in [1.54, 1.807) is 0 Å². The number of carbonyl (C=O) groups excluding carboxylic acids is 1. The molecule has 0 aromatic carbocycles. The molecule has 1 aromatic rings. The van der Waals surface area contributed by atoms with Crippen LogP contribution in [0.3, 0.4) is 0 Å². The number of aromatic nitrogens is 1. The number of nitrogens with one attached hydrogen (secondary N) is 2. The topological polar surface area (TPSA) is 46.1 Å². The number of hydrogen-bond acceptors (Lipinski definition) is 2. The van der Waals surface area contributed by atoms with Crippen molar-refractivity contribution in [3.8, 4) is 0 Å². The molecule has 0 spiro atoms. The minimum absolute atomic E-state index is 0.0258. The van der Waals surface area contributed by atoms with Gasteiger partial charge < -0.3 is 15.2 Å². The Morgan fingerprint density at radius 1 is 1.71 bits per heavy atom. The summed E-state index contributed by atoms with van der Waals surface area (Å²) in [6.45, 7) is 4.85. The van der Waals surface area contributed by atoms with Gasteiger partial charge in [-0.05, 0) is 41.4 Å². The van der Waals surface area contributed by atoms with Crippen molar-refractivity contribution in [2.45, 2.75) is 32.4 Å². The molecule has 2 heterocycles. The van der Waals surface area contributed by atoms with Crippen molar-refractivity contribution in [2.24, 2.45) is 0 Å². The number of hydrogen-bond donors (Lipinski definition) is 2. The van der Waals surface area contributed by atoms with Gasteiger partial charge >= 0.3 is 0 Å².